The Hall–Kier alpha value is -3.90. The van der Waals surface area contributed by atoms with Crippen molar-refractivity contribution >= 4 is 16.5 Å². The van der Waals surface area contributed by atoms with E-state index in [1.165, 1.54) is 16.5 Å². The molecule has 1 aliphatic heterocycles. The number of ether oxygens (including phenoxy) is 4. The van der Waals surface area contributed by atoms with E-state index in [2.05, 4.69) is 76.9 Å². The molecule has 0 radical (unpaired) electrons. The molecule has 1 N–H and O–H groups in total. The van der Waals surface area contributed by atoms with Gasteiger partial charge in [0, 0.05) is 25.3 Å². The van der Waals surface area contributed by atoms with Gasteiger partial charge in [-0.15, -0.1) is 0 Å². The topological polar surface area (TPSA) is 52.2 Å². The first kappa shape index (κ1) is 25.7. The molecule has 1 unspecified atom stereocenters. The average molecular weight is 513 g/mol. The number of nitrogens with one attached hydrogen (secondary N) is 1. The van der Waals surface area contributed by atoms with E-state index in [1.54, 1.807) is 7.11 Å². The molecule has 6 nitrogen and oxygen atoms in total. The summed E-state index contributed by atoms with van der Waals surface area (Å²) in [5.74, 6) is 3.33. The Morgan fingerprint density at radius 2 is 1.45 bits per heavy atom. The number of hydrogen-bond acceptors (Lipinski definition) is 6. The zero-order chi connectivity index (χ0) is 26.0. The summed E-state index contributed by atoms with van der Waals surface area (Å²) in [4.78, 5) is 2.43. The van der Waals surface area contributed by atoms with Crippen LogP contribution in [0.15, 0.2) is 91.0 Å². The van der Waals surface area contributed by atoms with Crippen LogP contribution in [0.3, 0.4) is 0 Å². The standard InChI is InChI=1S/C32H36N2O4/c1-35-31-10-4-5-11-32(31)37-21-7-6-20-36-29-16-13-27(14-17-29)34-19-18-33-23-28(34)24-38-30-15-12-25-8-2-3-9-26(25)22-30/h2-5,8-17,22,28,33H,6-7,18-21,23-24H2,1H3. The lowest BCUT2D eigenvalue weighted by atomic mass is 10.1. The second-order valence-electron chi connectivity index (χ2n) is 9.42. The van der Waals surface area contributed by atoms with E-state index >= 15 is 0 Å². The van der Waals surface area contributed by atoms with Crippen molar-refractivity contribution < 1.29 is 18.9 Å². The monoisotopic (exact) mass is 512 g/mol. The van der Waals surface area contributed by atoms with Crippen LogP contribution >= 0.6 is 0 Å². The normalized spacial score (nSPS) is 15.3. The fourth-order valence-corrected chi connectivity index (χ4v) is 4.75. The van der Waals surface area contributed by atoms with Crippen molar-refractivity contribution in [2.75, 3.05) is 51.5 Å². The molecule has 1 heterocycles. The molecular formula is C32H36N2O4. The van der Waals surface area contributed by atoms with Crippen LogP contribution < -0.4 is 29.2 Å². The molecule has 4 aromatic rings. The second-order valence-corrected chi connectivity index (χ2v) is 9.42. The van der Waals surface area contributed by atoms with Crippen LogP contribution in [-0.2, 0) is 0 Å². The Morgan fingerprint density at radius 1 is 0.737 bits per heavy atom. The molecule has 0 aliphatic carbocycles. The van der Waals surface area contributed by atoms with Gasteiger partial charge in [0.2, 0.25) is 0 Å². The van der Waals surface area contributed by atoms with Gasteiger partial charge in [0.25, 0.3) is 0 Å². The van der Waals surface area contributed by atoms with E-state index in [-0.39, 0.29) is 6.04 Å². The number of unbranched alkanes of at least 4 members (excludes halogenated alkanes) is 1. The highest BCUT2D eigenvalue weighted by Crippen LogP contribution is 2.26. The number of benzene rings is 4. The van der Waals surface area contributed by atoms with Crippen molar-refractivity contribution in [1.29, 1.82) is 0 Å². The summed E-state index contributed by atoms with van der Waals surface area (Å²) < 4.78 is 23.4. The molecule has 0 spiro atoms. The minimum atomic E-state index is 0.255. The number of nitrogens with zero attached hydrogens (tertiary/aromatic N) is 1. The van der Waals surface area contributed by atoms with E-state index in [1.807, 2.05) is 24.3 Å². The number of hydrogen-bond donors (Lipinski definition) is 1. The highest BCUT2D eigenvalue weighted by Gasteiger charge is 2.23. The molecule has 1 saturated heterocycles. The van der Waals surface area contributed by atoms with Crippen LogP contribution in [0, 0.1) is 0 Å². The summed E-state index contributed by atoms with van der Waals surface area (Å²) >= 11 is 0. The summed E-state index contributed by atoms with van der Waals surface area (Å²) in [6, 6.07) is 31.0. The number of methoxy groups -OCH3 is 1. The lowest BCUT2D eigenvalue weighted by Crippen LogP contribution is -2.54. The molecule has 5 rings (SSSR count). The largest absolute Gasteiger partial charge is 0.494 e. The lowest BCUT2D eigenvalue weighted by molar-refractivity contribution is 0.258. The van der Waals surface area contributed by atoms with Gasteiger partial charge in [0.15, 0.2) is 11.5 Å². The van der Waals surface area contributed by atoms with Crippen molar-refractivity contribution in [3.05, 3.63) is 91.0 Å². The molecule has 0 amide bonds. The molecule has 4 aromatic carbocycles. The van der Waals surface area contributed by atoms with Gasteiger partial charge >= 0.3 is 0 Å². The van der Waals surface area contributed by atoms with E-state index < -0.39 is 0 Å². The van der Waals surface area contributed by atoms with Crippen molar-refractivity contribution in [1.82, 2.24) is 5.32 Å². The third-order valence-electron chi connectivity index (χ3n) is 6.82. The van der Waals surface area contributed by atoms with E-state index in [0.29, 0.717) is 19.8 Å². The Kier molecular flexibility index (Phi) is 8.85. The van der Waals surface area contributed by atoms with Gasteiger partial charge in [-0.3, -0.25) is 0 Å². The van der Waals surface area contributed by atoms with Gasteiger partial charge in [0.05, 0.1) is 26.4 Å². The van der Waals surface area contributed by atoms with Gasteiger partial charge < -0.3 is 29.2 Å². The summed E-state index contributed by atoms with van der Waals surface area (Å²) in [6.45, 7) is 4.71. The highest BCUT2D eigenvalue weighted by molar-refractivity contribution is 5.83. The van der Waals surface area contributed by atoms with Crippen LogP contribution in [-0.4, -0.2) is 52.6 Å². The van der Waals surface area contributed by atoms with Gasteiger partial charge in [0.1, 0.15) is 18.1 Å². The molecule has 0 saturated carbocycles. The van der Waals surface area contributed by atoms with E-state index in [9.17, 15) is 0 Å². The minimum absolute atomic E-state index is 0.255. The lowest BCUT2D eigenvalue weighted by Gasteiger charge is -2.37. The Bertz CT molecular complexity index is 1290. The zero-order valence-electron chi connectivity index (χ0n) is 22.0. The Balaban J connectivity index is 1.08. The Labute approximate surface area is 225 Å². The predicted octanol–water partition coefficient (Wildman–Crippen LogP) is 5.94. The van der Waals surface area contributed by atoms with Crippen LogP contribution in [0.2, 0.25) is 0 Å². The molecule has 198 valence electrons. The second kappa shape index (κ2) is 13.1. The van der Waals surface area contributed by atoms with Crippen LogP contribution in [0.25, 0.3) is 10.8 Å². The number of fused-ring (bicyclic) bond motifs is 1. The maximum Gasteiger partial charge on any atom is 0.161 e. The fraction of sp³-hybridized carbons (Fsp3) is 0.312. The third-order valence-corrected chi connectivity index (χ3v) is 6.82. The van der Waals surface area contributed by atoms with E-state index in [4.69, 9.17) is 18.9 Å². The maximum absolute atomic E-state index is 6.23. The summed E-state index contributed by atoms with van der Waals surface area (Å²) in [7, 11) is 1.66. The van der Waals surface area contributed by atoms with E-state index in [0.717, 1.165) is 55.5 Å². The van der Waals surface area contributed by atoms with Gasteiger partial charge in [-0.25, -0.2) is 0 Å². The molecule has 0 aromatic heterocycles. The molecule has 0 bridgehead atoms. The average Bonchev–Trinajstić information content (AvgIpc) is 2.98. The number of anilines is 1. The smallest absolute Gasteiger partial charge is 0.161 e. The molecular weight excluding hydrogens is 476 g/mol. The van der Waals surface area contributed by atoms with Crippen molar-refractivity contribution in [2.45, 2.75) is 18.9 Å². The number of rotatable bonds is 12. The van der Waals surface area contributed by atoms with Crippen LogP contribution in [0.4, 0.5) is 5.69 Å². The summed E-state index contributed by atoms with van der Waals surface area (Å²) in [5, 5.41) is 5.93. The third kappa shape index (κ3) is 6.69. The maximum atomic E-state index is 6.23. The molecule has 1 aliphatic rings. The van der Waals surface area contributed by atoms with Crippen molar-refractivity contribution in [3.8, 4) is 23.0 Å². The first-order valence-corrected chi connectivity index (χ1v) is 13.4. The summed E-state index contributed by atoms with van der Waals surface area (Å²) in [5.41, 5.74) is 1.19. The number of para-hydroxylation sites is 2. The predicted molar refractivity (Wildman–Crippen MR) is 153 cm³/mol. The Morgan fingerprint density at radius 3 is 2.26 bits per heavy atom. The fourth-order valence-electron chi connectivity index (χ4n) is 4.75. The highest BCUT2D eigenvalue weighted by atomic mass is 16.5. The van der Waals surface area contributed by atoms with Crippen LogP contribution in [0.5, 0.6) is 23.0 Å². The first-order chi connectivity index (χ1) is 18.8. The SMILES string of the molecule is COc1ccccc1OCCCCOc1ccc(N2CCNCC2COc2ccc3ccccc3c2)cc1. The molecule has 38 heavy (non-hydrogen) atoms. The van der Waals surface area contributed by atoms with Crippen molar-refractivity contribution in [3.63, 3.8) is 0 Å². The first-order valence-electron chi connectivity index (χ1n) is 13.4. The van der Waals surface area contributed by atoms with Crippen LogP contribution in [0.1, 0.15) is 12.8 Å². The van der Waals surface area contributed by atoms with Crippen molar-refractivity contribution in [2.24, 2.45) is 0 Å². The quantitative estimate of drug-likeness (QED) is 0.237. The van der Waals surface area contributed by atoms with Gasteiger partial charge in [-0.1, -0.05) is 42.5 Å². The summed E-state index contributed by atoms with van der Waals surface area (Å²) in [6.07, 6.45) is 1.83. The molecule has 1 atom stereocenters. The molecule has 6 heteroatoms. The molecule has 1 fully saturated rings. The van der Waals surface area contributed by atoms with Gasteiger partial charge in [-0.05, 0) is 72.1 Å². The minimum Gasteiger partial charge on any atom is -0.494 e. The van der Waals surface area contributed by atoms with Gasteiger partial charge in [-0.2, -0.15) is 0 Å². The number of piperazine rings is 1. The zero-order valence-corrected chi connectivity index (χ0v) is 22.0.